The minimum absolute atomic E-state index is 0.0421. The van der Waals surface area contributed by atoms with Crippen LogP contribution in [0.4, 0.5) is 14.5 Å². The lowest BCUT2D eigenvalue weighted by molar-refractivity contribution is -0.148. The van der Waals surface area contributed by atoms with Crippen molar-refractivity contribution in [2.75, 3.05) is 31.7 Å². The summed E-state index contributed by atoms with van der Waals surface area (Å²) >= 11 is 2.89. The summed E-state index contributed by atoms with van der Waals surface area (Å²) in [5.74, 6) is -1.58. The van der Waals surface area contributed by atoms with Gasteiger partial charge in [0.2, 0.25) is 0 Å². The third kappa shape index (κ3) is 5.52. The number of ether oxygens (including phenoxy) is 2. The van der Waals surface area contributed by atoms with Crippen molar-refractivity contribution >= 4 is 27.6 Å². The third-order valence-electron chi connectivity index (χ3n) is 2.10. The summed E-state index contributed by atoms with van der Waals surface area (Å²) in [7, 11) is 0. The number of carbonyl (C=O) groups is 1. The van der Waals surface area contributed by atoms with Crippen LogP contribution in [0.3, 0.4) is 0 Å². The van der Waals surface area contributed by atoms with E-state index in [1.54, 1.807) is 6.92 Å². The van der Waals surface area contributed by atoms with Gasteiger partial charge in [-0.1, -0.05) is 0 Å². The molecular formula is C12H14BrF2NO3. The molecule has 0 saturated heterocycles. The molecule has 0 aliphatic carbocycles. The Morgan fingerprint density at radius 1 is 1.37 bits per heavy atom. The normalized spacial score (nSPS) is 10.3. The summed E-state index contributed by atoms with van der Waals surface area (Å²) < 4.78 is 36.3. The first-order valence-corrected chi connectivity index (χ1v) is 6.45. The van der Waals surface area contributed by atoms with E-state index >= 15 is 0 Å². The first kappa shape index (κ1) is 15.8. The molecule has 106 valence electrons. The van der Waals surface area contributed by atoms with Gasteiger partial charge in [-0.2, -0.15) is 0 Å². The fourth-order valence-electron chi connectivity index (χ4n) is 1.27. The van der Waals surface area contributed by atoms with Crippen LogP contribution in [-0.4, -0.2) is 32.3 Å². The molecule has 19 heavy (non-hydrogen) atoms. The maximum absolute atomic E-state index is 13.4. The molecule has 0 spiro atoms. The van der Waals surface area contributed by atoms with Gasteiger partial charge in [0.15, 0.2) is 0 Å². The van der Waals surface area contributed by atoms with E-state index in [1.807, 2.05) is 0 Å². The van der Waals surface area contributed by atoms with E-state index < -0.39 is 17.6 Å². The molecule has 1 N–H and O–H groups in total. The smallest absolute Gasteiger partial charge is 0.332 e. The molecule has 0 amide bonds. The number of hydrogen-bond acceptors (Lipinski definition) is 4. The van der Waals surface area contributed by atoms with E-state index in [2.05, 4.69) is 26.0 Å². The van der Waals surface area contributed by atoms with Crippen molar-refractivity contribution in [3.63, 3.8) is 0 Å². The predicted molar refractivity (Wildman–Crippen MR) is 70.0 cm³/mol. The van der Waals surface area contributed by atoms with Gasteiger partial charge in [0.05, 0.1) is 23.4 Å². The number of nitrogens with one attached hydrogen (secondary N) is 1. The highest BCUT2D eigenvalue weighted by Gasteiger charge is 2.07. The topological polar surface area (TPSA) is 47.6 Å². The highest BCUT2D eigenvalue weighted by Crippen LogP contribution is 2.22. The fraction of sp³-hybridized carbons (Fsp3) is 0.417. The van der Waals surface area contributed by atoms with Crippen LogP contribution in [0.5, 0.6) is 0 Å². The molecule has 0 unspecified atom stereocenters. The van der Waals surface area contributed by atoms with Gasteiger partial charge in [-0.05, 0) is 28.9 Å². The van der Waals surface area contributed by atoms with Gasteiger partial charge in [-0.25, -0.2) is 13.6 Å². The van der Waals surface area contributed by atoms with Crippen LogP contribution < -0.4 is 5.32 Å². The van der Waals surface area contributed by atoms with Gasteiger partial charge < -0.3 is 14.8 Å². The summed E-state index contributed by atoms with van der Waals surface area (Å²) in [4.78, 5) is 10.9. The number of carbonyl (C=O) groups excluding carboxylic acids is 1. The maximum Gasteiger partial charge on any atom is 0.332 e. The van der Waals surface area contributed by atoms with Crippen molar-refractivity contribution in [3.8, 4) is 0 Å². The zero-order chi connectivity index (χ0) is 14.3. The molecule has 1 rings (SSSR count). The van der Waals surface area contributed by atoms with Crippen LogP contribution in [0.15, 0.2) is 16.6 Å². The molecule has 1 aromatic carbocycles. The molecule has 4 nitrogen and oxygen atoms in total. The second-order valence-electron chi connectivity index (χ2n) is 3.53. The number of rotatable bonds is 7. The van der Waals surface area contributed by atoms with Crippen LogP contribution in [0.1, 0.15) is 6.92 Å². The SMILES string of the molecule is CCOC(=O)COCCNc1cc(F)c(Br)cc1F. The Labute approximate surface area is 118 Å². The lowest BCUT2D eigenvalue weighted by Gasteiger charge is -2.09. The average Bonchev–Trinajstić information content (AvgIpc) is 2.35. The van der Waals surface area contributed by atoms with E-state index in [1.165, 1.54) is 0 Å². The molecule has 0 saturated carbocycles. The van der Waals surface area contributed by atoms with Gasteiger partial charge >= 0.3 is 5.97 Å². The lowest BCUT2D eigenvalue weighted by atomic mass is 10.3. The molecule has 1 aromatic rings. The van der Waals surface area contributed by atoms with Crippen molar-refractivity contribution in [3.05, 3.63) is 28.2 Å². The van der Waals surface area contributed by atoms with Crippen molar-refractivity contribution < 1.29 is 23.0 Å². The lowest BCUT2D eigenvalue weighted by Crippen LogP contribution is -2.17. The van der Waals surface area contributed by atoms with Gasteiger partial charge in [-0.3, -0.25) is 0 Å². The number of esters is 1. The van der Waals surface area contributed by atoms with Crippen molar-refractivity contribution in [1.29, 1.82) is 0 Å². The summed E-state index contributed by atoms with van der Waals surface area (Å²) in [5.41, 5.74) is 0.0421. The molecule has 0 fully saturated rings. The molecular weight excluding hydrogens is 324 g/mol. The standard InChI is InChI=1S/C12H14BrF2NO3/c1-2-19-12(17)7-18-4-3-16-11-6-9(14)8(13)5-10(11)15/h5-6,16H,2-4,7H2,1H3. The van der Waals surface area contributed by atoms with E-state index in [-0.39, 0.29) is 29.9 Å². The third-order valence-corrected chi connectivity index (χ3v) is 2.70. The Kier molecular flexibility index (Phi) is 6.72. The Hall–Kier alpha value is -1.21. The second-order valence-corrected chi connectivity index (χ2v) is 4.38. The van der Waals surface area contributed by atoms with Crippen molar-refractivity contribution in [2.24, 2.45) is 0 Å². The first-order valence-electron chi connectivity index (χ1n) is 5.66. The van der Waals surface area contributed by atoms with Crippen LogP contribution in [0.25, 0.3) is 0 Å². The summed E-state index contributed by atoms with van der Waals surface area (Å²) in [6.45, 7) is 2.26. The minimum Gasteiger partial charge on any atom is -0.464 e. The van der Waals surface area contributed by atoms with Crippen LogP contribution in [-0.2, 0) is 14.3 Å². The van der Waals surface area contributed by atoms with Gasteiger partial charge in [0.1, 0.15) is 18.2 Å². The van der Waals surface area contributed by atoms with E-state index in [0.717, 1.165) is 12.1 Å². The number of anilines is 1. The Morgan fingerprint density at radius 2 is 2.11 bits per heavy atom. The molecule has 0 heterocycles. The average molecular weight is 338 g/mol. The van der Waals surface area contributed by atoms with E-state index in [9.17, 15) is 13.6 Å². The van der Waals surface area contributed by atoms with Gasteiger partial charge in [-0.15, -0.1) is 0 Å². The molecule has 0 bridgehead atoms. The van der Waals surface area contributed by atoms with Crippen LogP contribution in [0, 0.1) is 11.6 Å². The zero-order valence-electron chi connectivity index (χ0n) is 10.3. The van der Waals surface area contributed by atoms with Gasteiger partial charge in [0, 0.05) is 12.6 Å². The minimum atomic E-state index is -0.571. The first-order chi connectivity index (χ1) is 9.04. The van der Waals surface area contributed by atoms with Gasteiger partial charge in [0.25, 0.3) is 0 Å². The van der Waals surface area contributed by atoms with Crippen molar-refractivity contribution in [2.45, 2.75) is 6.92 Å². The Morgan fingerprint density at radius 3 is 2.79 bits per heavy atom. The molecule has 0 aliphatic rings. The van der Waals surface area contributed by atoms with Crippen LogP contribution >= 0.6 is 15.9 Å². The summed E-state index contributed by atoms with van der Waals surface area (Å²) in [5, 5.41) is 2.67. The van der Waals surface area contributed by atoms with E-state index in [4.69, 9.17) is 4.74 Å². The van der Waals surface area contributed by atoms with E-state index in [0.29, 0.717) is 6.61 Å². The molecule has 0 aromatic heterocycles. The second kappa shape index (κ2) is 8.06. The maximum atomic E-state index is 13.4. The molecule has 7 heteroatoms. The number of hydrogen-bond donors (Lipinski definition) is 1. The summed E-state index contributed by atoms with van der Waals surface area (Å²) in [6.07, 6.45) is 0. The Balaban J connectivity index is 2.30. The summed E-state index contributed by atoms with van der Waals surface area (Å²) in [6, 6.07) is 2.09. The van der Waals surface area contributed by atoms with Crippen molar-refractivity contribution in [1.82, 2.24) is 0 Å². The fourth-order valence-corrected chi connectivity index (χ4v) is 1.59. The molecule has 0 radical (unpaired) electrons. The highest BCUT2D eigenvalue weighted by molar-refractivity contribution is 9.10. The zero-order valence-corrected chi connectivity index (χ0v) is 11.9. The molecule has 0 atom stereocenters. The number of benzene rings is 1. The quantitative estimate of drug-likeness (QED) is 0.472. The van der Waals surface area contributed by atoms with Crippen LogP contribution in [0.2, 0.25) is 0 Å². The highest BCUT2D eigenvalue weighted by atomic mass is 79.9. The number of halogens is 3. The Bertz CT molecular complexity index is 443. The monoisotopic (exact) mass is 337 g/mol. The molecule has 0 aliphatic heterocycles. The largest absolute Gasteiger partial charge is 0.464 e. The predicted octanol–water partition coefficient (Wildman–Crippen LogP) is 2.72.